The lowest BCUT2D eigenvalue weighted by atomic mass is 9.87. The number of benzene rings is 2. The minimum absolute atomic E-state index is 0.119. The zero-order valence-electron chi connectivity index (χ0n) is 14.2. The molecule has 0 bridgehead atoms. The van der Waals surface area contributed by atoms with Gasteiger partial charge in [-0.2, -0.15) is 0 Å². The van der Waals surface area contributed by atoms with Gasteiger partial charge in [0.15, 0.2) is 0 Å². The highest BCUT2D eigenvalue weighted by Crippen LogP contribution is 2.20. The van der Waals surface area contributed by atoms with Crippen LogP contribution in [-0.4, -0.2) is 27.6 Å². The molecule has 1 amide bonds. The molecule has 25 heavy (non-hydrogen) atoms. The Balaban J connectivity index is 2.06. The Morgan fingerprint density at radius 1 is 1.00 bits per heavy atom. The number of carboxylic acids is 1. The van der Waals surface area contributed by atoms with Gasteiger partial charge in [-0.3, -0.25) is 4.79 Å². The monoisotopic (exact) mass is 341 g/mol. The zero-order chi connectivity index (χ0) is 18.3. The summed E-state index contributed by atoms with van der Waals surface area (Å²) in [5, 5.41) is 21.8. The lowest BCUT2D eigenvalue weighted by Crippen LogP contribution is -2.55. The van der Waals surface area contributed by atoms with Gasteiger partial charge in [-0.25, -0.2) is 4.79 Å². The van der Waals surface area contributed by atoms with Crippen molar-refractivity contribution in [3.05, 3.63) is 65.7 Å². The lowest BCUT2D eigenvalue weighted by molar-refractivity contribution is -0.147. The molecule has 0 saturated heterocycles. The van der Waals surface area contributed by atoms with E-state index in [0.717, 1.165) is 11.1 Å². The number of aromatic hydroxyl groups is 1. The quantitative estimate of drug-likeness (QED) is 0.689. The van der Waals surface area contributed by atoms with E-state index in [1.54, 1.807) is 19.1 Å². The number of aryl methyl sites for hydroxylation is 1. The maximum atomic E-state index is 12.3. The number of rotatable bonds is 8. The highest BCUT2D eigenvalue weighted by molar-refractivity contribution is 5.87. The molecule has 0 aliphatic rings. The van der Waals surface area contributed by atoms with E-state index in [9.17, 15) is 19.8 Å². The molecule has 0 heterocycles. The van der Waals surface area contributed by atoms with Crippen molar-refractivity contribution < 1.29 is 19.8 Å². The molecule has 0 aliphatic heterocycles. The third kappa shape index (κ3) is 5.08. The van der Waals surface area contributed by atoms with Crippen molar-refractivity contribution in [1.82, 2.24) is 5.32 Å². The van der Waals surface area contributed by atoms with Crippen molar-refractivity contribution in [1.29, 1.82) is 0 Å². The van der Waals surface area contributed by atoms with E-state index < -0.39 is 11.5 Å². The first-order chi connectivity index (χ1) is 11.9. The molecular formula is C20H23NO4. The van der Waals surface area contributed by atoms with E-state index in [0.29, 0.717) is 6.42 Å². The molecule has 2 aromatic carbocycles. The predicted octanol–water partition coefficient (Wildman–Crippen LogP) is 2.92. The summed E-state index contributed by atoms with van der Waals surface area (Å²) in [7, 11) is 0. The molecule has 0 radical (unpaired) electrons. The number of carbonyl (C=O) groups is 2. The van der Waals surface area contributed by atoms with Crippen LogP contribution >= 0.6 is 0 Å². The van der Waals surface area contributed by atoms with E-state index in [1.807, 2.05) is 30.3 Å². The van der Waals surface area contributed by atoms with Crippen molar-refractivity contribution in [2.24, 2.45) is 0 Å². The molecule has 1 atom stereocenters. The summed E-state index contributed by atoms with van der Waals surface area (Å²) in [6.45, 7) is 1.74. The van der Waals surface area contributed by atoms with Gasteiger partial charge in [0.25, 0.3) is 0 Å². The van der Waals surface area contributed by atoms with E-state index in [2.05, 4.69) is 5.32 Å². The molecule has 3 N–H and O–H groups in total. The fourth-order valence-corrected chi connectivity index (χ4v) is 2.73. The van der Waals surface area contributed by atoms with E-state index >= 15 is 0 Å². The highest BCUT2D eigenvalue weighted by Gasteiger charge is 2.38. The van der Waals surface area contributed by atoms with Gasteiger partial charge in [-0.1, -0.05) is 49.4 Å². The summed E-state index contributed by atoms with van der Waals surface area (Å²) in [5.41, 5.74) is 0.420. The van der Waals surface area contributed by atoms with Gasteiger partial charge < -0.3 is 15.5 Å². The van der Waals surface area contributed by atoms with Crippen molar-refractivity contribution in [2.45, 2.75) is 38.1 Å². The number of hydrogen-bond donors (Lipinski definition) is 3. The predicted molar refractivity (Wildman–Crippen MR) is 95.4 cm³/mol. The van der Waals surface area contributed by atoms with Crippen LogP contribution in [0.2, 0.25) is 0 Å². The largest absolute Gasteiger partial charge is 0.508 e. The first-order valence-electron chi connectivity index (χ1n) is 8.31. The smallest absolute Gasteiger partial charge is 0.329 e. The second kappa shape index (κ2) is 8.33. The van der Waals surface area contributed by atoms with Gasteiger partial charge in [0.1, 0.15) is 11.3 Å². The van der Waals surface area contributed by atoms with Crippen LogP contribution in [0.4, 0.5) is 0 Å². The summed E-state index contributed by atoms with van der Waals surface area (Å²) < 4.78 is 0. The molecule has 0 spiro atoms. The molecule has 0 aliphatic carbocycles. The van der Waals surface area contributed by atoms with E-state index in [4.69, 9.17) is 0 Å². The standard InChI is InChI=1S/C20H23NO4/c1-2-20(19(24)25,14-16-8-11-17(22)12-9-16)21-18(23)13-10-15-6-4-3-5-7-15/h3-9,11-12,22H,2,10,13-14H2,1H3,(H,21,23)(H,24,25)/t20-/m0/s1. The molecule has 2 rings (SSSR count). The molecule has 0 saturated carbocycles. The highest BCUT2D eigenvalue weighted by atomic mass is 16.4. The average Bonchev–Trinajstić information content (AvgIpc) is 2.62. The SMILES string of the molecule is CC[C@@](Cc1ccc(O)cc1)(NC(=O)CCc1ccccc1)C(=O)O. The number of phenolic OH excluding ortho intramolecular Hbond substituents is 1. The maximum absolute atomic E-state index is 12.3. The zero-order valence-corrected chi connectivity index (χ0v) is 14.2. The van der Waals surface area contributed by atoms with Crippen LogP contribution in [0.15, 0.2) is 54.6 Å². The van der Waals surface area contributed by atoms with Crippen LogP contribution in [0, 0.1) is 0 Å². The number of carbonyl (C=O) groups excluding carboxylic acids is 1. The van der Waals surface area contributed by atoms with Gasteiger partial charge in [-0.05, 0) is 36.1 Å². The van der Waals surface area contributed by atoms with Crippen LogP contribution in [0.5, 0.6) is 5.75 Å². The summed E-state index contributed by atoms with van der Waals surface area (Å²) in [6, 6.07) is 16.0. The van der Waals surface area contributed by atoms with Crippen molar-refractivity contribution in [3.63, 3.8) is 0 Å². The van der Waals surface area contributed by atoms with Gasteiger partial charge in [0, 0.05) is 12.8 Å². The van der Waals surface area contributed by atoms with Crippen LogP contribution < -0.4 is 5.32 Å². The first kappa shape index (κ1) is 18.5. The van der Waals surface area contributed by atoms with Crippen molar-refractivity contribution in [2.75, 3.05) is 0 Å². The summed E-state index contributed by atoms with van der Waals surface area (Å²) in [6.07, 6.45) is 1.22. The van der Waals surface area contributed by atoms with Gasteiger partial charge in [0.05, 0.1) is 0 Å². The van der Waals surface area contributed by atoms with Crippen LogP contribution in [0.1, 0.15) is 30.9 Å². The Bertz CT molecular complexity index is 712. The van der Waals surface area contributed by atoms with Crippen LogP contribution in [0.25, 0.3) is 0 Å². The van der Waals surface area contributed by atoms with E-state index in [-0.39, 0.29) is 30.9 Å². The number of hydrogen-bond acceptors (Lipinski definition) is 3. The van der Waals surface area contributed by atoms with E-state index in [1.165, 1.54) is 12.1 Å². The fourth-order valence-electron chi connectivity index (χ4n) is 2.73. The van der Waals surface area contributed by atoms with Crippen molar-refractivity contribution >= 4 is 11.9 Å². The first-order valence-corrected chi connectivity index (χ1v) is 8.31. The number of aliphatic carboxylic acids is 1. The second-order valence-corrected chi connectivity index (χ2v) is 6.12. The van der Waals surface area contributed by atoms with Crippen LogP contribution in [-0.2, 0) is 22.4 Å². The Morgan fingerprint density at radius 3 is 2.20 bits per heavy atom. The molecule has 0 fully saturated rings. The fraction of sp³-hybridized carbons (Fsp3) is 0.300. The normalized spacial score (nSPS) is 13.0. The van der Waals surface area contributed by atoms with Gasteiger partial charge in [0.2, 0.25) is 5.91 Å². The molecule has 2 aromatic rings. The molecule has 0 aromatic heterocycles. The maximum Gasteiger partial charge on any atom is 0.329 e. The Labute approximate surface area is 147 Å². The molecule has 0 unspecified atom stereocenters. The molecule has 5 heteroatoms. The van der Waals surface area contributed by atoms with Gasteiger partial charge >= 0.3 is 5.97 Å². The molecule has 5 nitrogen and oxygen atoms in total. The lowest BCUT2D eigenvalue weighted by Gasteiger charge is -2.29. The summed E-state index contributed by atoms with van der Waals surface area (Å²) in [4.78, 5) is 24.2. The number of amides is 1. The second-order valence-electron chi connectivity index (χ2n) is 6.12. The van der Waals surface area contributed by atoms with Crippen LogP contribution in [0.3, 0.4) is 0 Å². The molecule has 132 valence electrons. The number of carboxylic acid groups (broad SMARTS) is 1. The average molecular weight is 341 g/mol. The minimum Gasteiger partial charge on any atom is -0.508 e. The summed E-state index contributed by atoms with van der Waals surface area (Å²) in [5.74, 6) is -1.23. The minimum atomic E-state index is -1.36. The number of nitrogens with one attached hydrogen (secondary N) is 1. The Hall–Kier alpha value is -2.82. The Morgan fingerprint density at radius 2 is 1.64 bits per heavy atom. The third-order valence-electron chi connectivity index (χ3n) is 4.32. The molecular weight excluding hydrogens is 318 g/mol. The third-order valence-corrected chi connectivity index (χ3v) is 4.32. The van der Waals surface area contributed by atoms with Gasteiger partial charge in [-0.15, -0.1) is 0 Å². The Kier molecular flexibility index (Phi) is 6.17. The number of phenols is 1. The topological polar surface area (TPSA) is 86.6 Å². The van der Waals surface area contributed by atoms with Crippen molar-refractivity contribution in [3.8, 4) is 5.75 Å². The summed E-state index contributed by atoms with van der Waals surface area (Å²) >= 11 is 0.